The number of nitro groups is 1. The molecular formula is C17H18N2O4. The van der Waals surface area contributed by atoms with Crippen LogP contribution in [0.15, 0.2) is 42.5 Å². The molecule has 6 nitrogen and oxygen atoms in total. The lowest BCUT2D eigenvalue weighted by molar-refractivity contribution is -0.384. The largest absolute Gasteiger partial charge is 0.497 e. The molecule has 0 N–H and O–H groups in total. The Morgan fingerprint density at radius 3 is 2.43 bits per heavy atom. The number of carbonyl (C=O) groups excluding carboxylic acids is 1. The Morgan fingerprint density at radius 2 is 1.87 bits per heavy atom. The van der Waals surface area contributed by atoms with E-state index in [1.165, 1.54) is 18.2 Å². The van der Waals surface area contributed by atoms with E-state index in [4.69, 9.17) is 4.74 Å². The van der Waals surface area contributed by atoms with Crippen LogP contribution in [0.5, 0.6) is 5.75 Å². The molecule has 0 radical (unpaired) electrons. The van der Waals surface area contributed by atoms with Crippen LogP contribution < -0.4 is 4.74 Å². The van der Waals surface area contributed by atoms with Crippen LogP contribution in [0, 0.1) is 10.1 Å². The Morgan fingerprint density at radius 1 is 1.17 bits per heavy atom. The number of carbonyl (C=O) groups is 1. The number of ether oxygens (including phenoxy) is 1. The number of rotatable bonds is 7. The smallest absolute Gasteiger partial charge is 0.269 e. The monoisotopic (exact) mass is 314 g/mol. The topological polar surface area (TPSA) is 72.7 Å². The molecule has 2 aromatic carbocycles. The summed E-state index contributed by atoms with van der Waals surface area (Å²) in [5, 5.41) is 10.9. The molecule has 2 aromatic rings. The third-order valence-corrected chi connectivity index (χ3v) is 3.52. The highest BCUT2D eigenvalue weighted by atomic mass is 16.6. The van der Waals surface area contributed by atoms with E-state index < -0.39 is 4.92 Å². The van der Waals surface area contributed by atoms with Crippen molar-refractivity contribution in [3.8, 4) is 5.75 Å². The molecule has 0 atom stereocenters. The first-order chi connectivity index (χ1) is 11.0. The molecule has 23 heavy (non-hydrogen) atoms. The number of non-ortho nitro benzene ring substituents is 1. The maximum absolute atomic E-state index is 11.1. The molecule has 120 valence electrons. The molecule has 6 heteroatoms. The molecule has 0 heterocycles. The van der Waals surface area contributed by atoms with Crippen molar-refractivity contribution in [3.05, 3.63) is 69.3 Å². The van der Waals surface area contributed by atoms with Gasteiger partial charge in [-0.15, -0.1) is 0 Å². The van der Waals surface area contributed by atoms with Gasteiger partial charge in [-0.25, -0.2) is 0 Å². The lowest BCUT2D eigenvalue weighted by atomic mass is 10.1. The molecule has 0 amide bonds. The lowest BCUT2D eigenvalue weighted by Gasteiger charge is -2.18. The SMILES string of the molecule is COc1ccc(CN(C)Cc2cc([N+](=O)[O-])ccc2C=O)cc1. The molecule has 0 fully saturated rings. The van der Waals surface area contributed by atoms with E-state index in [0.717, 1.165) is 17.6 Å². The van der Waals surface area contributed by atoms with Crippen molar-refractivity contribution in [2.45, 2.75) is 13.1 Å². The summed E-state index contributed by atoms with van der Waals surface area (Å²) in [5.41, 5.74) is 2.19. The second-order valence-electron chi connectivity index (χ2n) is 5.28. The molecule has 0 bridgehead atoms. The first-order valence-corrected chi connectivity index (χ1v) is 7.07. The van der Waals surface area contributed by atoms with E-state index >= 15 is 0 Å². The fourth-order valence-corrected chi connectivity index (χ4v) is 2.35. The van der Waals surface area contributed by atoms with Crippen LogP contribution in [0.2, 0.25) is 0 Å². The number of methoxy groups -OCH3 is 1. The molecule has 0 saturated heterocycles. The number of aldehydes is 1. The first kappa shape index (κ1) is 16.6. The summed E-state index contributed by atoms with van der Waals surface area (Å²) in [6.07, 6.45) is 0.723. The predicted octanol–water partition coefficient (Wildman–Crippen LogP) is 3.05. The number of nitrogens with zero attached hydrogens (tertiary/aromatic N) is 2. The zero-order chi connectivity index (χ0) is 16.8. The third-order valence-electron chi connectivity index (χ3n) is 3.52. The predicted molar refractivity (Wildman–Crippen MR) is 86.6 cm³/mol. The summed E-state index contributed by atoms with van der Waals surface area (Å²) in [6.45, 7) is 1.10. The highest BCUT2D eigenvalue weighted by molar-refractivity contribution is 5.78. The molecule has 0 aliphatic heterocycles. The van der Waals surface area contributed by atoms with Crippen molar-refractivity contribution in [3.63, 3.8) is 0 Å². The van der Waals surface area contributed by atoms with Crippen molar-refractivity contribution < 1.29 is 14.5 Å². The number of hydrogen-bond donors (Lipinski definition) is 0. The maximum Gasteiger partial charge on any atom is 0.269 e. The maximum atomic E-state index is 11.1. The van der Waals surface area contributed by atoms with Gasteiger partial charge in [0.2, 0.25) is 0 Å². The summed E-state index contributed by atoms with van der Waals surface area (Å²) in [5.74, 6) is 0.790. The zero-order valence-corrected chi connectivity index (χ0v) is 13.1. The van der Waals surface area contributed by atoms with Gasteiger partial charge in [-0.1, -0.05) is 12.1 Å². The number of benzene rings is 2. The molecule has 0 aliphatic carbocycles. The van der Waals surface area contributed by atoms with Gasteiger partial charge in [0.05, 0.1) is 12.0 Å². The van der Waals surface area contributed by atoms with Gasteiger partial charge in [-0.05, 0) is 36.4 Å². The van der Waals surface area contributed by atoms with Crippen LogP contribution in [0.25, 0.3) is 0 Å². The first-order valence-electron chi connectivity index (χ1n) is 7.07. The standard InChI is InChI=1S/C17H18N2O4/c1-18(10-13-3-7-17(23-2)8-4-13)11-15-9-16(19(21)22)6-5-14(15)12-20/h3-9,12H,10-11H2,1-2H3. The Balaban J connectivity index is 2.11. The normalized spacial score (nSPS) is 10.6. The summed E-state index contributed by atoms with van der Waals surface area (Å²) in [6, 6.07) is 12.0. The van der Waals surface area contributed by atoms with Gasteiger partial charge in [0.15, 0.2) is 0 Å². The fourth-order valence-electron chi connectivity index (χ4n) is 2.35. The van der Waals surface area contributed by atoms with Crippen LogP contribution in [-0.2, 0) is 13.1 Å². The van der Waals surface area contributed by atoms with Gasteiger partial charge in [0.25, 0.3) is 5.69 Å². The Bertz CT molecular complexity index is 698. The van der Waals surface area contributed by atoms with E-state index in [2.05, 4.69) is 0 Å². The van der Waals surface area contributed by atoms with Crippen LogP contribution in [0.3, 0.4) is 0 Å². The van der Waals surface area contributed by atoms with Gasteiger partial charge in [0, 0.05) is 30.8 Å². The third kappa shape index (κ3) is 4.37. The molecular weight excluding hydrogens is 296 g/mol. The minimum Gasteiger partial charge on any atom is -0.497 e. The summed E-state index contributed by atoms with van der Waals surface area (Å²) in [4.78, 5) is 23.5. The fraction of sp³-hybridized carbons (Fsp3) is 0.235. The minimum atomic E-state index is -0.457. The van der Waals surface area contributed by atoms with Gasteiger partial charge >= 0.3 is 0 Å². The molecule has 0 saturated carbocycles. The van der Waals surface area contributed by atoms with Crippen molar-refractivity contribution in [2.24, 2.45) is 0 Å². The van der Waals surface area contributed by atoms with E-state index in [1.807, 2.05) is 36.2 Å². The van der Waals surface area contributed by atoms with Gasteiger partial charge in [-0.3, -0.25) is 19.8 Å². The number of hydrogen-bond acceptors (Lipinski definition) is 5. The van der Waals surface area contributed by atoms with Crippen molar-refractivity contribution in [1.82, 2.24) is 4.90 Å². The van der Waals surface area contributed by atoms with Crippen LogP contribution in [0.4, 0.5) is 5.69 Å². The Labute approximate surface area is 134 Å². The average molecular weight is 314 g/mol. The van der Waals surface area contributed by atoms with E-state index in [-0.39, 0.29) is 5.69 Å². The average Bonchev–Trinajstić information content (AvgIpc) is 2.55. The lowest BCUT2D eigenvalue weighted by Crippen LogP contribution is -2.18. The summed E-state index contributed by atoms with van der Waals surface area (Å²) < 4.78 is 5.12. The quantitative estimate of drug-likeness (QED) is 0.446. The Hall–Kier alpha value is -2.73. The van der Waals surface area contributed by atoms with Crippen molar-refractivity contribution >= 4 is 12.0 Å². The van der Waals surface area contributed by atoms with Crippen LogP contribution in [0.1, 0.15) is 21.5 Å². The van der Waals surface area contributed by atoms with Gasteiger partial charge in [0.1, 0.15) is 12.0 Å². The highest BCUT2D eigenvalue weighted by Gasteiger charge is 2.12. The number of nitro benzene ring substituents is 1. The van der Waals surface area contributed by atoms with E-state index in [1.54, 1.807) is 7.11 Å². The summed E-state index contributed by atoms with van der Waals surface area (Å²) in [7, 11) is 3.52. The zero-order valence-electron chi connectivity index (χ0n) is 13.1. The molecule has 0 unspecified atom stereocenters. The van der Waals surface area contributed by atoms with Gasteiger partial charge in [-0.2, -0.15) is 0 Å². The van der Waals surface area contributed by atoms with Crippen LogP contribution >= 0.6 is 0 Å². The van der Waals surface area contributed by atoms with Crippen molar-refractivity contribution in [1.29, 1.82) is 0 Å². The summed E-state index contributed by atoms with van der Waals surface area (Å²) >= 11 is 0. The second-order valence-corrected chi connectivity index (χ2v) is 5.28. The molecule has 0 aliphatic rings. The van der Waals surface area contributed by atoms with E-state index in [0.29, 0.717) is 24.2 Å². The second kappa shape index (κ2) is 7.51. The minimum absolute atomic E-state index is 0.0107. The molecule has 0 spiro atoms. The van der Waals surface area contributed by atoms with E-state index in [9.17, 15) is 14.9 Å². The Kier molecular flexibility index (Phi) is 5.43. The molecule has 0 aromatic heterocycles. The van der Waals surface area contributed by atoms with Crippen LogP contribution in [-0.4, -0.2) is 30.3 Å². The van der Waals surface area contributed by atoms with Gasteiger partial charge < -0.3 is 4.74 Å². The molecule has 2 rings (SSSR count). The highest BCUT2D eigenvalue weighted by Crippen LogP contribution is 2.19. The van der Waals surface area contributed by atoms with Crippen molar-refractivity contribution in [2.75, 3.05) is 14.2 Å².